The highest BCUT2D eigenvalue weighted by Crippen LogP contribution is 2.43. The Morgan fingerprint density at radius 3 is 2.83 bits per heavy atom. The van der Waals surface area contributed by atoms with E-state index < -0.39 is 0 Å². The summed E-state index contributed by atoms with van der Waals surface area (Å²) in [5.41, 5.74) is 0. The van der Waals surface area contributed by atoms with Gasteiger partial charge in [0, 0.05) is 47.9 Å². The van der Waals surface area contributed by atoms with Gasteiger partial charge in [-0.15, -0.1) is 11.3 Å². The molecule has 0 aliphatic carbocycles. The third-order valence-electron chi connectivity index (χ3n) is 6.33. The summed E-state index contributed by atoms with van der Waals surface area (Å²) in [5.74, 6) is 1.83. The van der Waals surface area contributed by atoms with Crippen molar-refractivity contribution in [1.82, 2.24) is 9.80 Å². The van der Waals surface area contributed by atoms with Crippen LogP contribution in [-0.4, -0.2) is 40.9 Å². The average molecular weight is 347 g/mol. The largest absolute Gasteiger partial charge is 0.336 e. The van der Waals surface area contributed by atoms with Crippen LogP contribution in [0.2, 0.25) is 0 Å². The van der Waals surface area contributed by atoms with Gasteiger partial charge in [-0.3, -0.25) is 9.69 Å². The number of thiophene rings is 1. The maximum absolute atomic E-state index is 12.6. The van der Waals surface area contributed by atoms with E-state index >= 15 is 0 Å². The lowest BCUT2D eigenvalue weighted by molar-refractivity contribution is -0.153. The Morgan fingerprint density at radius 1 is 1.25 bits per heavy atom. The predicted molar refractivity (Wildman–Crippen MR) is 99.1 cm³/mol. The number of rotatable bonds is 4. The highest BCUT2D eigenvalue weighted by Gasteiger charge is 2.48. The van der Waals surface area contributed by atoms with E-state index in [9.17, 15) is 4.79 Å². The highest BCUT2D eigenvalue weighted by atomic mass is 32.1. The molecule has 3 saturated heterocycles. The lowest BCUT2D eigenvalue weighted by atomic mass is 9.71. The molecule has 4 heteroatoms. The summed E-state index contributed by atoms with van der Waals surface area (Å²) in [6.45, 7) is 7.92. The van der Waals surface area contributed by atoms with Crippen molar-refractivity contribution < 1.29 is 4.79 Å². The van der Waals surface area contributed by atoms with Gasteiger partial charge in [-0.25, -0.2) is 0 Å². The number of hydrogen-bond donors (Lipinski definition) is 0. The summed E-state index contributed by atoms with van der Waals surface area (Å²) >= 11 is 1.94. The zero-order valence-corrected chi connectivity index (χ0v) is 15.9. The topological polar surface area (TPSA) is 23.6 Å². The number of aryl methyl sites for hydroxylation is 1. The molecule has 132 valence electrons. The van der Waals surface area contributed by atoms with Crippen LogP contribution in [-0.2, 0) is 11.3 Å². The molecule has 3 aliphatic heterocycles. The molecule has 24 heavy (non-hydrogen) atoms. The molecule has 2 bridgehead atoms. The van der Waals surface area contributed by atoms with E-state index in [1.807, 2.05) is 11.3 Å². The standard InChI is InChI=1S/C20H30N2OS/c1-3-5-18-15-10-16(19-6-4-7-20(23)22(18)19)12-21(11-15)13-17-9-8-14(2)24-17/h8-9,15-16,18-19H,3-7,10-13H2,1-2H3/t15-,16+,18-,19-/m0/s1. The van der Waals surface area contributed by atoms with Crippen molar-refractivity contribution in [3.8, 4) is 0 Å². The third kappa shape index (κ3) is 3.03. The van der Waals surface area contributed by atoms with Gasteiger partial charge in [-0.05, 0) is 56.6 Å². The van der Waals surface area contributed by atoms with Crippen molar-refractivity contribution in [2.45, 2.75) is 71.0 Å². The zero-order valence-electron chi connectivity index (χ0n) is 15.0. The summed E-state index contributed by atoms with van der Waals surface area (Å²) in [4.78, 5) is 20.6. The molecule has 1 aromatic rings. The van der Waals surface area contributed by atoms with E-state index in [1.54, 1.807) is 0 Å². The van der Waals surface area contributed by atoms with Gasteiger partial charge in [0.15, 0.2) is 0 Å². The number of carbonyl (C=O) groups excluding carboxylic acids is 1. The first-order chi connectivity index (χ1) is 11.7. The Kier molecular flexibility index (Phi) is 4.70. The number of likely N-dealkylation sites (tertiary alicyclic amines) is 1. The molecule has 3 nitrogen and oxygen atoms in total. The molecular weight excluding hydrogens is 316 g/mol. The van der Waals surface area contributed by atoms with E-state index in [-0.39, 0.29) is 0 Å². The number of piperidine rings is 3. The fourth-order valence-electron chi connectivity index (χ4n) is 5.46. The van der Waals surface area contributed by atoms with Crippen LogP contribution in [0.25, 0.3) is 0 Å². The molecule has 1 amide bonds. The lowest BCUT2D eigenvalue weighted by Crippen LogP contribution is -2.64. The second-order valence-electron chi connectivity index (χ2n) is 8.08. The van der Waals surface area contributed by atoms with Crippen molar-refractivity contribution in [2.24, 2.45) is 11.8 Å². The number of hydrogen-bond acceptors (Lipinski definition) is 3. The Balaban J connectivity index is 1.54. The van der Waals surface area contributed by atoms with Crippen LogP contribution in [0.4, 0.5) is 0 Å². The summed E-state index contributed by atoms with van der Waals surface area (Å²) in [7, 11) is 0. The van der Waals surface area contributed by atoms with Crippen molar-refractivity contribution in [2.75, 3.05) is 13.1 Å². The van der Waals surface area contributed by atoms with Gasteiger partial charge in [-0.1, -0.05) is 13.3 Å². The monoisotopic (exact) mass is 346 g/mol. The summed E-state index contributed by atoms with van der Waals surface area (Å²) in [6, 6.07) is 5.56. The normalized spacial score (nSPS) is 33.6. The molecule has 4 atom stereocenters. The maximum Gasteiger partial charge on any atom is 0.223 e. The second kappa shape index (κ2) is 6.80. The average Bonchev–Trinajstić information content (AvgIpc) is 2.96. The molecular formula is C20H30N2OS. The molecule has 0 saturated carbocycles. The van der Waals surface area contributed by atoms with Gasteiger partial charge in [0.2, 0.25) is 5.91 Å². The summed E-state index contributed by atoms with van der Waals surface area (Å²) < 4.78 is 0. The number of nitrogens with zero attached hydrogens (tertiary/aromatic N) is 2. The SMILES string of the molecule is CCC[C@H]1[C@H]2C[C@H](CN(Cc3ccc(C)s3)C2)[C@@H]2CCCC(=O)N21. The van der Waals surface area contributed by atoms with Gasteiger partial charge < -0.3 is 4.90 Å². The minimum absolute atomic E-state index is 0.446. The van der Waals surface area contributed by atoms with Gasteiger partial charge in [0.1, 0.15) is 0 Å². The Morgan fingerprint density at radius 2 is 2.08 bits per heavy atom. The van der Waals surface area contributed by atoms with Gasteiger partial charge >= 0.3 is 0 Å². The Bertz CT molecular complexity index is 598. The fraction of sp³-hybridized carbons (Fsp3) is 0.750. The fourth-order valence-corrected chi connectivity index (χ4v) is 6.39. The second-order valence-corrected chi connectivity index (χ2v) is 9.45. The summed E-state index contributed by atoms with van der Waals surface area (Å²) in [6.07, 6.45) is 6.84. The van der Waals surface area contributed by atoms with Crippen LogP contribution in [0.3, 0.4) is 0 Å². The van der Waals surface area contributed by atoms with Crippen molar-refractivity contribution >= 4 is 17.2 Å². The Labute approximate surface area is 150 Å². The minimum Gasteiger partial charge on any atom is -0.336 e. The maximum atomic E-state index is 12.6. The minimum atomic E-state index is 0.446. The molecule has 0 N–H and O–H groups in total. The molecule has 0 aromatic carbocycles. The number of amides is 1. The lowest BCUT2D eigenvalue weighted by Gasteiger charge is -2.56. The molecule has 0 spiro atoms. The molecule has 3 aliphatic rings. The third-order valence-corrected chi connectivity index (χ3v) is 7.32. The highest BCUT2D eigenvalue weighted by molar-refractivity contribution is 7.11. The van der Waals surface area contributed by atoms with Gasteiger partial charge in [-0.2, -0.15) is 0 Å². The van der Waals surface area contributed by atoms with Crippen LogP contribution in [0, 0.1) is 18.8 Å². The molecule has 4 heterocycles. The first kappa shape index (κ1) is 16.6. The first-order valence-electron chi connectivity index (χ1n) is 9.74. The van der Waals surface area contributed by atoms with E-state index in [0.29, 0.717) is 29.8 Å². The molecule has 0 unspecified atom stereocenters. The van der Waals surface area contributed by atoms with Crippen LogP contribution >= 0.6 is 11.3 Å². The van der Waals surface area contributed by atoms with Gasteiger partial charge in [0.25, 0.3) is 0 Å². The molecule has 4 rings (SSSR count). The molecule has 0 radical (unpaired) electrons. The number of carbonyl (C=O) groups is 1. The Hall–Kier alpha value is -0.870. The predicted octanol–water partition coefficient (Wildman–Crippen LogP) is 4.06. The molecule has 3 fully saturated rings. The van der Waals surface area contributed by atoms with E-state index in [2.05, 4.69) is 35.8 Å². The van der Waals surface area contributed by atoms with Crippen LogP contribution in [0.15, 0.2) is 12.1 Å². The van der Waals surface area contributed by atoms with E-state index in [1.165, 1.54) is 48.5 Å². The number of fused-ring (bicyclic) bond motifs is 4. The van der Waals surface area contributed by atoms with Gasteiger partial charge in [0.05, 0.1) is 0 Å². The van der Waals surface area contributed by atoms with E-state index in [4.69, 9.17) is 0 Å². The smallest absolute Gasteiger partial charge is 0.223 e. The first-order valence-corrected chi connectivity index (χ1v) is 10.6. The van der Waals surface area contributed by atoms with E-state index in [0.717, 1.165) is 19.4 Å². The molecule has 1 aromatic heterocycles. The quantitative estimate of drug-likeness (QED) is 0.821. The van der Waals surface area contributed by atoms with Crippen molar-refractivity contribution in [1.29, 1.82) is 0 Å². The van der Waals surface area contributed by atoms with Crippen molar-refractivity contribution in [3.05, 3.63) is 21.9 Å². The zero-order chi connectivity index (χ0) is 16.7. The van der Waals surface area contributed by atoms with Crippen LogP contribution in [0.5, 0.6) is 0 Å². The van der Waals surface area contributed by atoms with Crippen LogP contribution < -0.4 is 0 Å². The van der Waals surface area contributed by atoms with Crippen molar-refractivity contribution in [3.63, 3.8) is 0 Å². The van der Waals surface area contributed by atoms with Crippen LogP contribution in [0.1, 0.15) is 55.2 Å². The summed E-state index contributed by atoms with van der Waals surface area (Å²) in [5, 5.41) is 0.